The van der Waals surface area contributed by atoms with Crippen LogP contribution in [0.4, 0.5) is 0 Å². The first-order valence-electron chi connectivity index (χ1n) is 7.50. The summed E-state index contributed by atoms with van der Waals surface area (Å²) in [5.41, 5.74) is 0. The van der Waals surface area contributed by atoms with Gasteiger partial charge in [-0.1, -0.05) is 61.3 Å². The topological polar surface area (TPSA) is 9.23 Å². The number of ether oxygens (including phenoxy) is 1. The van der Waals surface area contributed by atoms with Crippen LogP contribution in [-0.2, 0) is 0 Å². The molecule has 0 bridgehead atoms. The minimum atomic E-state index is 0.598. The van der Waals surface area contributed by atoms with E-state index in [1.165, 1.54) is 0 Å². The van der Waals surface area contributed by atoms with Crippen molar-refractivity contribution in [1.29, 1.82) is 0 Å². The van der Waals surface area contributed by atoms with E-state index in [0.29, 0.717) is 17.5 Å². The van der Waals surface area contributed by atoms with E-state index in [4.69, 9.17) is 27.9 Å². The van der Waals surface area contributed by atoms with Gasteiger partial charge in [0.25, 0.3) is 0 Å². The van der Waals surface area contributed by atoms with Crippen LogP contribution >= 0.6 is 23.2 Å². The predicted octanol–water partition coefficient (Wildman–Crippen LogP) is 6.72. The lowest BCUT2D eigenvalue weighted by Crippen LogP contribution is -2.02. The van der Waals surface area contributed by atoms with Crippen LogP contribution in [0.1, 0.15) is 20.3 Å². The van der Waals surface area contributed by atoms with E-state index in [2.05, 4.69) is 19.9 Å². The van der Waals surface area contributed by atoms with Crippen LogP contribution in [0.5, 0.6) is 5.75 Å². The third-order valence-corrected chi connectivity index (χ3v) is 4.46. The molecule has 3 aromatic carbocycles. The highest BCUT2D eigenvalue weighted by atomic mass is 35.5. The van der Waals surface area contributed by atoms with Crippen molar-refractivity contribution in [3.63, 3.8) is 0 Å². The van der Waals surface area contributed by atoms with Gasteiger partial charge in [0.1, 0.15) is 5.75 Å². The van der Waals surface area contributed by atoms with E-state index < -0.39 is 0 Å². The van der Waals surface area contributed by atoms with Crippen molar-refractivity contribution in [2.45, 2.75) is 20.3 Å². The average Bonchev–Trinajstić information content (AvgIpc) is 2.47. The number of benzene rings is 3. The third kappa shape index (κ3) is 2.88. The molecule has 0 saturated heterocycles. The highest BCUT2D eigenvalue weighted by Crippen LogP contribution is 2.41. The fraction of sp³-hybridized carbons (Fsp3) is 0.263. The van der Waals surface area contributed by atoms with E-state index >= 15 is 0 Å². The van der Waals surface area contributed by atoms with Crippen LogP contribution in [-0.4, -0.2) is 6.61 Å². The number of rotatable bonds is 4. The Morgan fingerprint density at radius 3 is 2.45 bits per heavy atom. The molecule has 0 unspecified atom stereocenters. The molecule has 0 aliphatic heterocycles. The molecule has 0 atom stereocenters. The van der Waals surface area contributed by atoms with Gasteiger partial charge in [-0.25, -0.2) is 0 Å². The molecule has 0 saturated carbocycles. The van der Waals surface area contributed by atoms with Gasteiger partial charge in [0.15, 0.2) is 0 Å². The van der Waals surface area contributed by atoms with E-state index in [9.17, 15) is 0 Å². The lowest BCUT2D eigenvalue weighted by Gasteiger charge is -2.15. The van der Waals surface area contributed by atoms with Gasteiger partial charge in [-0.2, -0.15) is 0 Å². The molecular weight excluding hydrogens is 315 g/mol. The van der Waals surface area contributed by atoms with Crippen LogP contribution in [0.2, 0.25) is 10.0 Å². The molecule has 3 heteroatoms. The molecule has 1 nitrogen and oxygen atoms in total. The van der Waals surface area contributed by atoms with Crippen LogP contribution < -0.4 is 4.74 Å². The molecule has 0 fully saturated rings. The molecule has 3 rings (SSSR count). The van der Waals surface area contributed by atoms with Gasteiger partial charge in [-0.05, 0) is 35.9 Å². The zero-order chi connectivity index (χ0) is 15.7. The Balaban J connectivity index is 2.24. The third-order valence-electron chi connectivity index (χ3n) is 3.81. The molecule has 0 aromatic heterocycles. The molecule has 0 spiro atoms. The molecule has 0 heterocycles. The first kappa shape index (κ1) is 15.5. The second-order valence-corrected chi connectivity index (χ2v) is 6.72. The smallest absolute Gasteiger partial charge is 0.136 e. The Hall–Kier alpha value is -1.44. The first-order chi connectivity index (χ1) is 10.6. The maximum absolute atomic E-state index is 6.43. The molecule has 0 aliphatic carbocycles. The van der Waals surface area contributed by atoms with Gasteiger partial charge in [0.2, 0.25) is 0 Å². The standard InChI is InChI=1S/C19H18Cl2O/c1-12(2)9-10-22-19-14-6-4-7-16(20)15(14)11-13-5-3-8-17(21)18(13)19/h3-8,11-12H,9-10H2,1-2H3. The largest absolute Gasteiger partial charge is 0.492 e. The zero-order valence-corrected chi connectivity index (χ0v) is 14.2. The van der Waals surface area contributed by atoms with Crippen LogP contribution in [0, 0.1) is 5.92 Å². The van der Waals surface area contributed by atoms with E-state index in [0.717, 1.165) is 38.7 Å². The van der Waals surface area contributed by atoms with Crippen LogP contribution in [0.3, 0.4) is 0 Å². The van der Waals surface area contributed by atoms with E-state index in [-0.39, 0.29) is 0 Å². The van der Waals surface area contributed by atoms with Crippen molar-refractivity contribution in [3.05, 3.63) is 52.5 Å². The van der Waals surface area contributed by atoms with Crippen molar-refractivity contribution in [2.24, 2.45) is 5.92 Å². The van der Waals surface area contributed by atoms with Crippen molar-refractivity contribution in [3.8, 4) is 5.75 Å². The normalized spacial score (nSPS) is 11.5. The van der Waals surface area contributed by atoms with Crippen molar-refractivity contribution < 1.29 is 4.74 Å². The summed E-state index contributed by atoms with van der Waals surface area (Å²) < 4.78 is 6.14. The first-order valence-corrected chi connectivity index (χ1v) is 8.26. The maximum atomic E-state index is 6.43. The molecule has 0 N–H and O–H groups in total. The Morgan fingerprint density at radius 2 is 1.68 bits per heavy atom. The second kappa shape index (κ2) is 6.36. The summed E-state index contributed by atoms with van der Waals surface area (Å²) in [6.45, 7) is 5.05. The lowest BCUT2D eigenvalue weighted by atomic mass is 10.0. The van der Waals surface area contributed by atoms with E-state index in [1.54, 1.807) is 0 Å². The fourth-order valence-electron chi connectivity index (χ4n) is 2.62. The number of hydrogen-bond donors (Lipinski definition) is 0. The second-order valence-electron chi connectivity index (χ2n) is 5.91. The maximum Gasteiger partial charge on any atom is 0.136 e. The van der Waals surface area contributed by atoms with Crippen molar-refractivity contribution in [1.82, 2.24) is 0 Å². The summed E-state index contributed by atoms with van der Waals surface area (Å²) >= 11 is 12.8. The molecule has 0 amide bonds. The van der Waals surface area contributed by atoms with Crippen LogP contribution in [0.15, 0.2) is 42.5 Å². The highest BCUT2D eigenvalue weighted by molar-refractivity contribution is 6.39. The Labute approximate surface area is 140 Å². The van der Waals surface area contributed by atoms with Gasteiger partial charge in [-0.3, -0.25) is 0 Å². The average molecular weight is 333 g/mol. The summed E-state index contributed by atoms with van der Waals surface area (Å²) in [7, 11) is 0. The summed E-state index contributed by atoms with van der Waals surface area (Å²) in [6.07, 6.45) is 1.00. The van der Waals surface area contributed by atoms with Gasteiger partial charge in [0, 0.05) is 21.2 Å². The Bertz CT molecular complexity index is 824. The number of fused-ring (bicyclic) bond motifs is 2. The van der Waals surface area contributed by atoms with Crippen LogP contribution in [0.25, 0.3) is 21.5 Å². The number of hydrogen-bond acceptors (Lipinski definition) is 1. The minimum Gasteiger partial charge on any atom is -0.492 e. The van der Waals surface area contributed by atoms with Crippen molar-refractivity contribution >= 4 is 44.7 Å². The molecule has 114 valence electrons. The minimum absolute atomic E-state index is 0.598. The molecule has 3 aromatic rings. The van der Waals surface area contributed by atoms with Crippen molar-refractivity contribution in [2.75, 3.05) is 6.61 Å². The Morgan fingerprint density at radius 1 is 0.955 bits per heavy atom. The van der Waals surface area contributed by atoms with Gasteiger partial charge in [-0.15, -0.1) is 0 Å². The summed E-state index contributed by atoms with van der Waals surface area (Å²) in [5.74, 6) is 1.43. The summed E-state index contributed by atoms with van der Waals surface area (Å²) in [4.78, 5) is 0. The van der Waals surface area contributed by atoms with Gasteiger partial charge in [0.05, 0.1) is 11.6 Å². The zero-order valence-electron chi connectivity index (χ0n) is 12.7. The highest BCUT2D eigenvalue weighted by Gasteiger charge is 2.13. The summed E-state index contributed by atoms with van der Waals surface area (Å²) in [6, 6.07) is 13.9. The fourth-order valence-corrected chi connectivity index (χ4v) is 3.12. The van der Waals surface area contributed by atoms with Gasteiger partial charge < -0.3 is 4.74 Å². The van der Waals surface area contributed by atoms with E-state index in [1.807, 2.05) is 36.4 Å². The molecular formula is C19H18Cl2O. The quantitative estimate of drug-likeness (QED) is 0.481. The molecule has 22 heavy (non-hydrogen) atoms. The van der Waals surface area contributed by atoms with Gasteiger partial charge >= 0.3 is 0 Å². The number of halogens is 2. The monoisotopic (exact) mass is 332 g/mol. The SMILES string of the molecule is CC(C)CCOc1c2cccc(Cl)c2cc2cccc(Cl)c12. The molecule has 0 radical (unpaired) electrons. The summed E-state index contributed by atoms with van der Waals surface area (Å²) in [5, 5.41) is 5.46. The Kier molecular flexibility index (Phi) is 4.46. The molecule has 0 aliphatic rings. The predicted molar refractivity (Wildman–Crippen MR) is 96.4 cm³/mol. The lowest BCUT2D eigenvalue weighted by molar-refractivity contribution is 0.295.